The van der Waals surface area contributed by atoms with Gasteiger partial charge >= 0.3 is 6.36 Å². The number of aromatic nitrogens is 1. The Morgan fingerprint density at radius 2 is 2.14 bits per heavy atom. The first kappa shape index (κ1) is 11.3. The lowest BCUT2D eigenvalue weighted by molar-refractivity contribution is -0.276. The maximum atomic E-state index is 11.8. The van der Waals surface area contributed by atoms with E-state index in [0.717, 1.165) is 5.56 Å². The molecule has 0 atom stereocenters. The van der Waals surface area contributed by atoms with Crippen LogP contribution in [0.3, 0.4) is 0 Å². The number of nitrogens with zero attached hydrogens (tertiary/aromatic N) is 1. The van der Waals surface area contributed by atoms with Crippen molar-refractivity contribution in [3.05, 3.63) is 23.4 Å². The van der Waals surface area contributed by atoms with Crippen molar-refractivity contribution in [2.75, 3.05) is 0 Å². The molecule has 0 radical (unpaired) electrons. The molecular weight excluding hydrogens is 263 g/mol. The van der Waals surface area contributed by atoms with Crippen molar-refractivity contribution in [1.82, 2.24) is 4.98 Å². The molecule has 0 aliphatic heterocycles. The van der Waals surface area contributed by atoms with Gasteiger partial charge < -0.3 is 4.74 Å². The Balaban J connectivity index is 2.87. The van der Waals surface area contributed by atoms with Crippen molar-refractivity contribution in [3.8, 4) is 5.88 Å². The molecule has 0 bridgehead atoms. The monoisotopic (exact) mass is 269 g/mol. The molecule has 0 N–H and O–H groups in total. The Labute approximate surface area is 87.2 Å². The molecule has 0 amide bonds. The number of rotatable bonds is 2. The Kier molecular flexibility index (Phi) is 3.36. The van der Waals surface area contributed by atoms with E-state index in [4.69, 9.17) is 0 Å². The van der Waals surface area contributed by atoms with Crippen molar-refractivity contribution in [3.63, 3.8) is 0 Å². The third-order valence-electron chi connectivity index (χ3n) is 1.56. The van der Waals surface area contributed by atoms with Gasteiger partial charge in [-0.25, -0.2) is 4.98 Å². The summed E-state index contributed by atoms with van der Waals surface area (Å²) in [4.78, 5) is 3.52. The second kappa shape index (κ2) is 4.16. The molecule has 0 unspecified atom stereocenters. The fourth-order valence-corrected chi connectivity index (χ4v) is 1.46. The Hall–Kier alpha value is -0.780. The van der Waals surface area contributed by atoms with E-state index in [1.807, 2.05) is 0 Å². The minimum atomic E-state index is -4.69. The van der Waals surface area contributed by atoms with Crippen LogP contribution in [0, 0.1) is 6.92 Å². The van der Waals surface area contributed by atoms with E-state index in [1.165, 1.54) is 12.3 Å². The molecule has 1 rings (SSSR count). The number of hydrogen-bond acceptors (Lipinski definition) is 2. The summed E-state index contributed by atoms with van der Waals surface area (Å²) in [5.74, 6) is -0.431. The number of ether oxygens (including phenoxy) is 1. The minimum Gasteiger partial charge on any atom is -0.388 e. The normalized spacial score (nSPS) is 11.5. The number of hydrogen-bond donors (Lipinski definition) is 0. The lowest BCUT2D eigenvalue weighted by Crippen LogP contribution is -2.18. The minimum absolute atomic E-state index is 0.431. The second-order valence-electron chi connectivity index (χ2n) is 2.63. The average molecular weight is 270 g/mol. The van der Waals surface area contributed by atoms with Gasteiger partial charge in [0, 0.05) is 17.6 Å². The molecule has 0 saturated heterocycles. The number of alkyl halides is 4. The molecular formula is C8H7BrF3NO. The number of halogens is 4. The maximum Gasteiger partial charge on any atom is 0.574 e. The van der Waals surface area contributed by atoms with Crippen molar-refractivity contribution in [2.24, 2.45) is 0 Å². The first-order valence-corrected chi connectivity index (χ1v) is 4.82. The zero-order valence-electron chi connectivity index (χ0n) is 7.23. The first-order chi connectivity index (χ1) is 6.42. The lowest BCUT2D eigenvalue weighted by Gasteiger charge is -2.09. The van der Waals surface area contributed by atoms with Crippen molar-refractivity contribution >= 4 is 15.9 Å². The molecule has 0 spiro atoms. The highest BCUT2D eigenvalue weighted by molar-refractivity contribution is 9.08. The molecule has 0 saturated carbocycles. The van der Waals surface area contributed by atoms with Crippen LogP contribution in [0.5, 0.6) is 5.88 Å². The second-order valence-corrected chi connectivity index (χ2v) is 3.19. The van der Waals surface area contributed by atoms with E-state index in [-0.39, 0.29) is 0 Å². The molecule has 1 heterocycles. The molecule has 0 aromatic carbocycles. The van der Waals surface area contributed by atoms with Gasteiger partial charge in [-0.3, -0.25) is 0 Å². The summed E-state index contributed by atoms with van der Waals surface area (Å²) in [6.07, 6.45) is -3.33. The van der Waals surface area contributed by atoms with Gasteiger partial charge in [0.2, 0.25) is 5.88 Å². The molecule has 0 aliphatic carbocycles. The van der Waals surface area contributed by atoms with Crippen LogP contribution in [0.2, 0.25) is 0 Å². The highest BCUT2D eigenvalue weighted by Crippen LogP contribution is 2.22. The quantitative estimate of drug-likeness (QED) is 0.770. The summed E-state index contributed by atoms with van der Waals surface area (Å²) in [5.41, 5.74) is 1.54. The highest BCUT2D eigenvalue weighted by atomic mass is 79.9. The van der Waals surface area contributed by atoms with E-state index in [0.29, 0.717) is 10.9 Å². The predicted molar refractivity (Wildman–Crippen MR) is 48.3 cm³/mol. The van der Waals surface area contributed by atoms with Gasteiger partial charge in [0.05, 0.1) is 0 Å². The third-order valence-corrected chi connectivity index (χ3v) is 2.16. The standard InChI is InChI=1S/C8H7BrF3NO/c1-5-2-7(14-8(10,11)12)13-4-6(5)3-9/h2,4H,3H2,1H3. The molecule has 14 heavy (non-hydrogen) atoms. The Morgan fingerprint density at radius 3 is 2.57 bits per heavy atom. The summed E-state index contributed by atoms with van der Waals surface area (Å²) < 4.78 is 39.0. The molecule has 6 heteroatoms. The fourth-order valence-electron chi connectivity index (χ4n) is 0.873. The zero-order chi connectivity index (χ0) is 10.8. The molecule has 0 fully saturated rings. The van der Waals surface area contributed by atoms with Crippen LogP contribution < -0.4 is 4.74 Å². The third kappa shape index (κ3) is 3.17. The molecule has 2 nitrogen and oxygen atoms in total. The van der Waals surface area contributed by atoms with Crippen LogP contribution in [-0.4, -0.2) is 11.3 Å². The van der Waals surface area contributed by atoms with Crippen LogP contribution in [-0.2, 0) is 5.33 Å². The first-order valence-electron chi connectivity index (χ1n) is 3.69. The van der Waals surface area contributed by atoms with E-state index in [1.54, 1.807) is 6.92 Å². The number of pyridine rings is 1. The van der Waals surface area contributed by atoms with E-state index < -0.39 is 12.2 Å². The van der Waals surface area contributed by atoms with E-state index in [2.05, 4.69) is 25.7 Å². The predicted octanol–water partition coefficient (Wildman–Crippen LogP) is 3.18. The van der Waals surface area contributed by atoms with Gasteiger partial charge in [0.25, 0.3) is 0 Å². The summed E-state index contributed by atoms with van der Waals surface area (Å²) >= 11 is 3.19. The van der Waals surface area contributed by atoms with Crippen molar-refractivity contribution in [2.45, 2.75) is 18.6 Å². The SMILES string of the molecule is Cc1cc(OC(F)(F)F)ncc1CBr. The van der Waals surface area contributed by atoms with Crippen LogP contribution in [0.4, 0.5) is 13.2 Å². The van der Waals surface area contributed by atoms with Crippen molar-refractivity contribution in [1.29, 1.82) is 0 Å². The van der Waals surface area contributed by atoms with Crippen molar-refractivity contribution < 1.29 is 17.9 Å². The summed E-state index contributed by atoms with van der Waals surface area (Å²) in [6, 6.07) is 1.25. The highest BCUT2D eigenvalue weighted by Gasteiger charge is 2.31. The largest absolute Gasteiger partial charge is 0.574 e. The van der Waals surface area contributed by atoms with Crippen LogP contribution >= 0.6 is 15.9 Å². The van der Waals surface area contributed by atoms with Crippen LogP contribution in [0.1, 0.15) is 11.1 Å². The number of aryl methyl sites for hydroxylation is 1. The van der Waals surface area contributed by atoms with Gasteiger partial charge in [-0.15, -0.1) is 13.2 Å². The van der Waals surface area contributed by atoms with Gasteiger partial charge in [0.1, 0.15) is 0 Å². The Bertz CT molecular complexity index is 327. The molecule has 1 aromatic heterocycles. The fraction of sp³-hybridized carbons (Fsp3) is 0.375. The molecule has 1 aromatic rings. The lowest BCUT2D eigenvalue weighted by atomic mass is 10.2. The van der Waals surface area contributed by atoms with Crippen LogP contribution in [0.25, 0.3) is 0 Å². The molecule has 0 aliphatic rings. The van der Waals surface area contributed by atoms with E-state index in [9.17, 15) is 13.2 Å². The van der Waals surface area contributed by atoms with Gasteiger partial charge in [-0.2, -0.15) is 0 Å². The maximum absolute atomic E-state index is 11.8. The zero-order valence-corrected chi connectivity index (χ0v) is 8.82. The summed E-state index contributed by atoms with van der Waals surface area (Å²) in [5, 5.41) is 0.554. The topological polar surface area (TPSA) is 22.1 Å². The van der Waals surface area contributed by atoms with Gasteiger partial charge in [0.15, 0.2) is 0 Å². The van der Waals surface area contributed by atoms with Crippen LogP contribution in [0.15, 0.2) is 12.3 Å². The summed E-state index contributed by atoms with van der Waals surface area (Å²) in [6.45, 7) is 1.70. The smallest absolute Gasteiger partial charge is 0.388 e. The molecule has 78 valence electrons. The Morgan fingerprint density at radius 1 is 1.50 bits per heavy atom. The average Bonchev–Trinajstić information content (AvgIpc) is 2.01. The van der Waals surface area contributed by atoms with E-state index >= 15 is 0 Å². The van der Waals surface area contributed by atoms with Gasteiger partial charge in [-0.1, -0.05) is 15.9 Å². The van der Waals surface area contributed by atoms with Gasteiger partial charge in [-0.05, 0) is 18.1 Å². The summed E-state index contributed by atoms with van der Waals surface area (Å²) in [7, 11) is 0.